The van der Waals surface area contributed by atoms with Gasteiger partial charge in [-0.15, -0.1) is 0 Å². The molecule has 1 aliphatic carbocycles. The number of anilines is 1. The van der Waals surface area contributed by atoms with E-state index in [4.69, 9.17) is 0 Å². The molecule has 2 aromatic heterocycles. The molecule has 0 atom stereocenters. The SMILES string of the molecule is Cc1cncc(-c2ccc(NC(=O)Cc3cc(C)cc4c3C(=O)N(C3CC3)C4=O)nc2)c1. The summed E-state index contributed by atoms with van der Waals surface area (Å²) in [7, 11) is 0. The molecule has 1 N–H and O–H groups in total. The molecule has 3 aromatic rings. The quantitative estimate of drug-likeness (QED) is 0.628. The van der Waals surface area contributed by atoms with Crippen molar-refractivity contribution in [1.82, 2.24) is 14.9 Å². The lowest BCUT2D eigenvalue weighted by Crippen LogP contribution is -2.32. The van der Waals surface area contributed by atoms with Crippen molar-refractivity contribution in [2.75, 3.05) is 5.32 Å². The first kappa shape index (κ1) is 20.1. The summed E-state index contributed by atoms with van der Waals surface area (Å²) in [4.78, 5) is 48.3. The van der Waals surface area contributed by atoms with E-state index >= 15 is 0 Å². The highest BCUT2D eigenvalue weighted by Crippen LogP contribution is 2.36. The van der Waals surface area contributed by atoms with Crippen molar-refractivity contribution in [2.24, 2.45) is 0 Å². The molecule has 3 amide bonds. The van der Waals surface area contributed by atoms with Gasteiger partial charge in [-0.2, -0.15) is 0 Å². The minimum atomic E-state index is -0.291. The molecular formula is C25H22N4O3. The highest BCUT2D eigenvalue weighted by atomic mass is 16.2. The molecule has 1 saturated carbocycles. The summed E-state index contributed by atoms with van der Waals surface area (Å²) in [5, 5.41) is 2.79. The number of benzene rings is 1. The standard InChI is InChI=1S/C25H22N4O3/c1-14-7-17(23-20(9-14)24(31)29(25(23)32)19-4-5-19)10-22(30)28-21-6-3-16(13-27-21)18-8-15(2)11-26-12-18/h3,6-9,11-13,19H,4-5,10H2,1-2H3,(H,27,28,30). The van der Waals surface area contributed by atoms with Crippen molar-refractivity contribution in [3.05, 3.63) is 76.7 Å². The Morgan fingerprint density at radius 1 is 1.00 bits per heavy atom. The second kappa shape index (κ2) is 7.67. The molecule has 3 heterocycles. The minimum absolute atomic E-state index is 0.00398. The van der Waals surface area contributed by atoms with E-state index in [1.807, 2.05) is 26.0 Å². The Labute approximate surface area is 185 Å². The number of aryl methyl sites for hydroxylation is 2. The van der Waals surface area contributed by atoms with Crippen molar-refractivity contribution in [1.29, 1.82) is 0 Å². The smallest absolute Gasteiger partial charge is 0.262 e. The van der Waals surface area contributed by atoms with Crippen LogP contribution in [0.4, 0.5) is 5.82 Å². The maximum atomic E-state index is 12.9. The molecule has 5 rings (SSSR count). The van der Waals surface area contributed by atoms with Gasteiger partial charge >= 0.3 is 0 Å². The van der Waals surface area contributed by atoms with Crippen LogP contribution in [-0.4, -0.2) is 38.6 Å². The minimum Gasteiger partial charge on any atom is -0.310 e. The first-order valence-corrected chi connectivity index (χ1v) is 10.6. The normalized spacial score (nSPS) is 15.1. The average Bonchev–Trinajstić information content (AvgIpc) is 3.55. The van der Waals surface area contributed by atoms with Crippen molar-refractivity contribution >= 4 is 23.5 Å². The topological polar surface area (TPSA) is 92.3 Å². The molecule has 0 radical (unpaired) electrons. The molecule has 0 spiro atoms. The van der Waals surface area contributed by atoms with Crippen molar-refractivity contribution < 1.29 is 14.4 Å². The molecule has 0 saturated heterocycles. The number of carbonyl (C=O) groups excluding carboxylic acids is 3. The zero-order valence-corrected chi connectivity index (χ0v) is 17.9. The molecule has 7 heteroatoms. The van der Waals surface area contributed by atoms with Gasteiger partial charge in [-0.05, 0) is 67.6 Å². The van der Waals surface area contributed by atoms with E-state index < -0.39 is 0 Å². The van der Waals surface area contributed by atoms with Gasteiger partial charge in [0.05, 0.1) is 17.5 Å². The number of nitrogens with one attached hydrogen (secondary N) is 1. The Kier molecular flexibility index (Phi) is 4.81. The number of hydrogen-bond acceptors (Lipinski definition) is 5. The van der Waals surface area contributed by atoms with Crippen LogP contribution in [0, 0.1) is 13.8 Å². The highest BCUT2D eigenvalue weighted by molar-refractivity contribution is 6.22. The number of pyridine rings is 2. The van der Waals surface area contributed by atoms with E-state index in [0.29, 0.717) is 22.5 Å². The number of nitrogens with zero attached hydrogens (tertiary/aromatic N) is 3. The zero-order valence-electron chi connectivity index (χ0n) is 17.9. The van der Waals surface area contributed by atoms with E-state index in [1.165, 1.54) is 4.90 Å². The van der Waals surface area contributed by atoms with Gasteiger partial charge in [-0.1, -0.05) is 6.07 Å². The third-order valence-corrected chi connectivity index (χ3v) is 5.75. The fourth-order valence-corrected chi connectivity index (χ4v) is 4.14. The van der Waals surface area contributed by atoms with Gasteiger partial charge in [-0.3, -0.25) is 24.3 Å². The van der Waals surface area contributed by atoms with E-state index in [0.717, 1.165) is 35.1 Å². The van der Waals surface area contributed by atoms with Crippen molar-refractivity contribution in [2.45, 2.75) is 39.2 Å². The van der Waals surface area contributed by atoms with Gasteiger partial charge in [0.1, 0.15) is 5.82 Å². The first-order valence-electron chi connectivity index (χ1n) is 10.6. The predicted octanol–water partition coefficient (Wildman–Crippen LogP) is 3.70. The van der Waals surface area contributed by atoms with Crippen LogP contribution in [0.2, 0.25) is 0 Å². The molecule has 1 aromatic carbocycles. The largest absolute Gasteiger partial charge is 0.310 e. The lowest BCUT2D eigenvalue weighted by Gasteiger charge is -2.12. The summed E-state index contributed by atoms with van der Waals surface area (Å²) in [6.45, 7) is 3.84. The molecular weight excluding hydrogens is 404 g/mol. The molecule has 2 aliphatic rings. The molecule has 0 unspecified atom stereocenters. The van der Waals surface area contributed by atoms with Crippen molar-refractivity contribution in [3.8, 4) is 11.1 Å². The molecule has 32 heavy (non-hydrogen) atoms. The summed E-state index contributed by atoms with van der Waals surface area (Å²) >= 11 is 0. The van der Waals surface area contributed by atoms with E-state index in [1.54, 1.807) is 36.8 Å². The molecule has 160 valence electrons. The maximum Gasteiger partial charge on any atom is 0.262 e. The predicted molar refractivity (Wildman–Crippen MR) is 119 cm³/mol. The molecule has 0 bridgehead atoms. The Bertz CT molecular complexity index is 1260. The molecule has 7 nitrogen and oxygen atoms in total. The van der Waals surface area contributed by atoms with Gasteiger partial charge in [0.15, 0.2) is 0 Å². The van der Waals surface area contributed by atoms with Gasteiger partial charge in [0.25, 0.3) is 11.8 Å². The van der Waals surface area contributed by atoms with E-state index in [2.05, 4.69) is 15.3 Å². The Morgan fingerprint density at radius 2 is 1.81 bits per heavy atom. The second-order valence-electron chi connectivity index (χ2n) is 8.47. The Balaban J connectivity index is 1.34. The van der Waals surface area contributed by atoms with Crippen LogP contribution in [0.15, 0.2) is 48.9 Å². The van der Waals surface area contributed by atoms with Crippen LogP contribution in [0.5, 0.6) is 0 Å². The maximum absolute atomic E-state index is 12.9. The Hall–Kier alpha value is -3.87. The fraction of sp³-hybridized carbons (Fsp3) is 0.240. The summed E-state index contributed by atoms with van der Waals surface area (Å²) in [5.74, 6) is -0.406. The van der Waals surface area contributed by atoms with Crippen LogP contribution < -0.4 is 5.32 Å². The average molecular weight is 426 g/mol. The first-order chi connectivity index (χ1) is 15.4. The monoisotopic (exact) mass is 426 g/mol. The summed E-state index contributed by atoms with van der Waals surface area (Å²) < 4.78 is 0. The van der Waals surface area contributed by atoms with Crippen molar-refractivity contribution in [3.63, 3.8) is 0 Å². The van der Waals surface area contributed by atoms with E-state index in [9.17, 15) is 14.4 Å². The van der Waals surface area contributed by atoms with E-state index in [-0.39, 0.29) is 30.2 Å². The van der Waals surface area contributed by atoms with Crippen LogP contribution >= 0.6 is 0 Å². The van der Waals surface area contributed by atoms with Gasteiger partial charge in [-0.25, -0.2) is 4.98 Å². The summed E-state index contributed by atoms with van der Waals surface area (Å²) in [6.07, 6.45) is 6.93. The lowest BCUT2D eigenvalue weighted by molar-refractivity contribution is -0.115. The van der Waals surface area contributed by atoms with Gasteiger partial charge in [0.2, 0.25) is 5.91 Å². The van der Waals surface area contributed by atoms with Crippen LogP contribution in [0.3, 0.4) is 0 Å². The fourth-order valence-electron chi connectivity index (χ4n) is 4.14. The van der Waals surface area contributed by atoms with Crippen LogP contribution in [-0.2, 0) is 11.2 Å². The van der Waals surface area contributed by atoms with Crippen LogP contribution in [0.1, 0.15) is 50.2 Å². The number of aromatic nitrogens is 2. The molecule has 1 aliphatic heterocycles. The number of amides is 3. The van der Waals surface area contributed by atoms with Gasteiger partial charge < -0.3 is 5.32 Å². The number of carbonyl (C=O) groups is 3. The molecule has 1 fully saturated rings. The summed E-state index contributed by atoms with van der Waals surface area (Å²) in [5.41, 5.74) is 5.09. The number of fused-ring (bicyclic) bond motifs is 1. The third kappa shape index (κ3) is 3.66. The Morgan fingerprint density at radius 3 is 2.50 bits per heavy atom. The van der Waals surface area contributed by atoms with Gasteiger partial charge in [0, 0.05) is 35.8 Å². The number of imide groups is 1. The highest BCUT2D eigenvalue weighted by Gasteiger charge is 2.45. The number of hydrogen-bond donors (Lipinski definition) is 1. The zero-order chi connectivity index (χ0) is 22.4. The number of rotatable bonds is 5. The summed E-state index contributed by atoms with van der Waals surface area (Å²) in [6, 6.07) is 9.17. The van der Waals surface area contributed by atoms with Crippen LogP contribution in [0.25, 0.3) is 11.1 Å². The lowest BCUT2D eigenvalue weighted by atomic mass is 9.97. The second-order valence-corrected chi connectivity index (χ2v) is 8.47. The third-order valence-electron chi connectivity index (χ3n) is 5.75.